The molecule has 0 saturated heterocycles. The maximum absolute atomic E-state index is 14.0. The fraction of sp³-hybridized carbons (Fsp3) is 0.476. The number of tetrazole rings is 1. The predicted octanol–water partition coefficient (Wildman–Crippen LogP) is 3.98. The zero-order chi connectivity index (χ0) is 21.6. The van der Waals surface area contributed by atoms with Crippen LogP contribution in [0.2, 0.25) is 0 Å². The number of rotatable bonds is 5. The lowest BCUT2D eigenvalue weighted by atomic mass is 9.83. The molecule has 0 spiro atoms. The molecule has 2 unspecified atom stereocenters. The molecule has 2 atom stereocenters. The molecule has 10 heteroatoms. The zero-order valence-corrected chi connectivity index (χ0v) is 17.8. The molecule has 0 radical (unpaired) electrons. The van der Waals surface area contributed by atoms with Gasteiger partial charge in [-0.25, -0.2) is 13.8 Å². The first-order valence-electron chi connectivity index (χ1n) is 10.4. The van der Waals surface area contributed by atoms with E-state index in [4.69, 9.17) is 0 Å². The third-order valence-corrected chi connectivity index (χ3v) is 7.13. The van der Waals surface area contributed by atoms with Crippen LogP contribution in [0.1, 0.15) is 47.7 Å². The van der Waals surface area contributed by atoms with E-state index in [1.165, 1.54) is 21.0 Å². The number of thiazole rings is 1. The molecule has 1 aromatic carbocycles. The van der Waals surface area contributed by atoms with Crippen LogP contribution in [0.5, 0.6) is 0 Å². The standard InChI is InChI=1S/C21H22F2N6OS/c1-29-27-18(26-28-29)13-7-5-12(6-8-13)17(14-9-10-21(22,23)11-14)19(30)25-20-24-15-3-2-4-16(15)31-20/h5-8,14,17H,2-4,9-11H2,1H3,(H,24,25,30). The number of nitrogens with zero attached hydrogens (tertiary/aromatic N) is 5. The molecular weight excluding hydrogens is 422 g/mol. The minimum atomic E-state index is -2.73. The van der Waals surface area contributed by atoms with Crippen molar-refractivity contribution in [1.82, 2.24) is 25.2 Å². The average molecular weight is 445 g/mol. The van der Waals surface area contributed by atoms with Crippen molar-refractivity contribution in [2.45, 2.75) is 50.4 Å². The van der Waals surface area contributed by atoms with Crippen molar-refractivity contribution >= 4 is 22.4 Å². The number of carbonyl (C=O) groups is 1. The highest BCUT2D eigenvalue weighted by Crippen LogP contribution is 2.46. The van der Waals surface area contributed by atoms with E-state index in [2.05, 4.69) is 25.7 Å². The molecule has 1 amide bonds. The maximum atomic E-state index is 14.0. The van der Waals surface area contributed by atoms with Gasteiger partial charge >= 0.3 is 0 Å². The van der Waals surface area contributed by atoms with Crippen molar-refractivity contribution in [2.75, 3.05) is 5.32 Å². The first kappa shape index (κ1) is 20.2. The first-order chi connectivity index (χ1) is 14.9. The summed E-state index contributed by atoms with van der Waals surface area (Å²) in [5.74, 6) is -3.63. The molecule has 2 aliphatic rings. The van der Waals surface area contributed by atoms with Crippen LogP contribution in [0.4, 0.5) is 13.9 Å². The lowest BCUT2D eigenvalue weighted by Crippen LogP contribution is -2.27. The van der Waals surface area contributed by atoms with E-state index in [0.29, 0.717) is 22.9 Å². The number of amides is 1. The van der Waals surface area contributed by atoms with Gasteiger partial charge in [0.1, 0.15) is 0 Å². The number of benzene rings is 1. The second-order valence-electron chi connectivity index (χ2n) is 8.29. The molecule has 3 aromatic rings. The Labute approximate surface area is 181 Å². The highest BCUT2D eigenvalue weighted by molar-refractivity contribution is 7.15. The Kier molecular flexibility index (Phi) is 5.04. The normalized spacial score (nSPS) is 20.5. The van der Waals surface area contributed by atoms with Crippen molar-refractivity contribution in [1.29, 1.82) is 0 Å². The van der Waals surface area contributed by atoms with E-state index in [9.17, 15) is 13.6 Å². The van der Waals surface area contributed by atoms with Gasteiger partial charge in [-0.15, -0.1) is 21.5 Å². The number of aromatic nitrogens is 5. The summed E-state index contributed by atoms with van der Waals surface area (Å²) >= 11 is 1.49. The SMILES string of the molecule is Cn1nnc(-c2ccc(C(C(=O)Nc3nc4c(s3)CCC4)C3CCC(F)(F)C3)cc2)n1. The molecule has 2 heterocycles. The van der Waals surface area contributed by atoms with Crippen molar-refractivity contribution in [3.05, 3.63) is 40.4 Å². The fourth-order valence-electron chi connectivity index (χ4n) is 4.57. The molecule has 0 bridgehead atoms. The molecule has 2 aromatic heterocycles. The molecule has 7 nitrogen and oxygen atoms in total. The Morgan fingerprint density at radius 2 is 2.10 bits per heavy atom. The fourth-order valence-corrected chi connectivity index (χ4v) is 5.63. The molecular formula is C21H22F2N6OS. The lowest BCUT2D eigenvalue weighted by molar-refractivity contribution is -0.118. The number of anilines is 1. The van der Waals surface area contributed by atoms with Gasteiger partial charge in [0.05, 0.1) is 18.7 Å². The lowest BCUT2D eigenvalue weighted by Gasteiger charge is -2.23. The summed E-state index contributed by atoms with van der Waals surface area (Å²) in [5.41, 5.74) is 2.51. The molecule has 0 aliphatic heterocycles. The molecule has 162 valence electrons. The topological polar surface area (TPSA) is 85.6 Å². The summed E-state index contributed by atoms with van der Waals surface area (Å²) < 4.78 is 28.0. The number of halogens is 2. The Hall–Kier alpha value is -2.75. The van der Waals surface area contributed by atoms with Crippen LogP contribution in [-0.2, 0) is 24.7 Å². The van der Waals surface area contributed by atoms with Crippen LogP contribution in [0.3, 0.4) is 0 Å². The number of nitrogens with one attached hydrogen (secondary N) is 1. The average Bonchev–Trinajstić information content (AvgIpc) is 3.48. The Balaban J connectivity index is 1.41. The van der Waals surface area contributed by atoms with Gasteiger partial charge in [0.25, 0.3) is 0 Å². The zero-order valence-electron chi connectivity index (χ0n) is 17.0. The maximum Gasteiger partial charge on any atom is 0.248 e. The van der Waals surface area contributed by atoms with Gasteiger partial charge in [-0.3, -0.25) is 4.79 Å². The minimum Gasteiger partial charge on any atom is -0.301 e. The quantitative estimate of drug-likeness (QED) is 0.643. The smallest absolute Gasteiger partial charge is 0.248 e. The highest BCUT2D eigenvalue weighted by Gasteiger charge is 2.45. The van der Waals surface area contributed by atoms with Gasteiger partial charge in [-0.05, 0) is 42.4 Å². The number of hydrogen-bond acceptors (Lipinski definition) is 6. The second-order valence-corrected chi connectivity index (χ2v) is 9.38. The Morgan fingerprint density at radius 3 is 2.74 bits per heavy atom. The molecule has 1 N–H and O–H groups in total. The highest BCUT2D eigenvalue weighted by atomic mass is 32.1. The van der Waals surface area contributed by atoms with Gasteiger partial charge in [-0.2, -0.15) is 4.80 Å². The summed E-state index contributed by atoms with van der Waals surface area (Å²) in [6, 6.07) is 7.21. The van der Waals surface area contributed by atoms with Crippen LogP contribution < -0.4 is 5.32 Å². The molecule has 31 heavy (non-hydrogen) atoms. The number of carbonyl (C=O) groups excluding carboxylic acids is 1. The molecule has 2 aliphatic carbocycles. The summed E-state index contributed by atoms with van der Waals surface area (Å²) in [6.45, 7) is 0. The van der Waals surface area contributed by atoms with E-state index in [1.54, 1.807) is 31.3 Å². The Morgan fingerprint density at radius 1 is 1.29 bits per heavy atom. The number of aryl methyl sites for hydroxylation is 3. The van der Waals surface area contributed by atoms with Crippen LogP contribution in [0, 0.1) is 5.92 Å². The van der Waals surface area contributed by atoms with Crippen LogP contribution >= 0.6 is 11.3 Å². The second kappa shape index (κ2) is 7.74. The summed E-state index contributed by atoms with van der Waals surface area (Å²) in [5, 5.41) is 15.5. The monoisotopic (exact) mass is 444 g/mol. The van der Waals surface area contributed by atoms with Gasteiger partial charge in [0.2, 0.25) is 17.7 Å². The summed E-state index contributed by atoms with van der Waals surface area (Å²) in [6.07, 6.45) is 2.85. The van der Waals surface area contributed by atoms with Crippen molar-refractivity contribution < 1.29 is 13.6 Å². The third kappa shape index (κ3) is 4.08. The third-order valence-electron chi connectivity index (χ3n) is 6.06. The molecule has 5 rings (SSSR count). The van der Waals surface area contributed by atoms with Crippen LogP contribution in [0.15, 0.2) is 24.3 Å². The van der Waals surface area contributed by atoms with E-state index in [-0.39, 0.29) is 18.7 Å². The van der Waals surface area contributed by atoms with E-state index < -0.39 is 17.8 Å². The van der Waals surface area contributed by atoms with E-state index in [1.807, 2.05) is 0 Å². The van der Waals surface area contributed by atoms with Gasteiger partial charge < -0.3 is 5.32 Å². The molecule has 1 fully saturated rings. The van der Waals surface area contributed by atoms with E-state index in [0.717, 1.165) is 30.5 Å². The predicted molar refractivity (Wildman–Crippen MR) is 112 cm³/mol. The van der Waals surface area contributed by atoms with Gasteiger partial charge in [0, 0.05) is 23.3 Å². The summed E-state index contributed by atoms with van der Waals surface area (Å²) in [7, 11) is 1.68. The van der Waals surface area contributed by atoms with E-state index >= 15 is 0 Å². The van der Waals surface area contributed by atoms with Crippen molar-refractivity contribution in [2.24, 2.45) is 13.0 Å². The number of hydrogen-bond donors (Lipinski definition) is 1. The van der Waals surface area contributed by atoms with Gasteiger partial charge in [0.15, 0.2) is 5.13 Å². The number of fused-ring (bicyclic) bond motifs is 1. The largest absolute Gasteiger partial charge is 0.301 e. The van der Waals surface area contributed by atoms with Crippen LogP contribution in [0.25, 0.3) is 11.4 Å². The van der Waals surface area contributed by atoms with Crippen molar-refractivity contribution in [3.8, 4) is 11.4 Å². The van der Waals surface area contributed by atoms with Gasteiger partial charge in [-0.1, -0.05) is 24.3 Å². The number of alkyl halides is 2. The summed E-state index contributed by atoms with van der Waals surface area (Å²) in [4.78, 5) is 20.4. The Bertz CT molecular complexity index is 1090. The van der Waals surface area contributed by atoms with Crippen molar-refractivity contribution in [3.63, 3.8) is 0 Å². The van der Waals surface area contributed by atoms with Crippen LogP contribution in [-0.4, -0.2) is 37.0 Å². The molecule has 1 saturated carbocycles. The minimum absolute atomic E-state index is 0.186. The first-order valence-corrected chi connectivity index (χ1v) is 11.2.